The van der Waals surface area contributed by atoms with Crippen LogP contribution in [-0.4, -0.2) is 13.7 Å². The van der Waals surface area contributed by atoms with Crippen molar-refractivity contribution in [2.45, 2.75) is 30.2 Å². The molecule has 2 aromatic carbocycles. The number of hydrogen-bond acceptors (Lipinski definition) is 3. The van der Waals surface area contributed by atoms with Crippen molar-refractivity contribution in [2.75, 3.05) is 13.7 Å². The molecule has 0 amide bonds. The first-order chi connectivity index (χ1) is 9.72. The molecule has 0 heterocycles. The highest BCUT2D eigenvalue weighted by Crippen LogP contribution is 2.30. The lowest BCUT2D eigenvalue weighted by atomic mass is 10.1. The predicted octanol–water partition coefficient (Wildman–Crippen LogP) is 4.26. The Labute approximate surface area is 125 Å². The summed E-state index contributed by atoms with van der Waals surface area (Å²) in [5.41, 5.74) is 2.70. The lowest BCUT2D eigenvalue weighted by molar-refractivity contribution is 0.414. The molecule has 3 heteroatoms. The molecule has 0 saturated carbocycles. The van der Waals surface area contributed by atoms with E-state index in [1.165, 1.54) is 20.9 Å². The molecule has 106 valence electrons. The Bertz CT molecular complexity index is 551. The third-order valence-electron chi connectivity index (χ3n) is 3.17. The van der Waals surface area contributed by atoms with Gasteiger partial charge in [-0.1, -0.05) is 24.8 Å². The third kappa shape index (κ3) is 4.02. The van der Waals surface area contributed by atoms with E-state index in [9.17, 15) is 0 Å². The van der Waals surface area contributed by atoms with Gasteiger partial charge in [0.15, 0.2) is 0 Å². The molecule has 0 atom stereocenters. The third-order valence-corrected chi connectivity index (χ3v) is 4.17. The fourth-order valence-corrected chi connectivity index (χ4v) is 2.89. The largest absolute Gasteiger partial charge is 0.497 e. The van der Waals surface area contributed by atoms with Crippen LogP contribution in [0.3, 0.4) is 0 Å². The van der Waals surface area contributed by atoms with Crippen LogP contribution in [0.15, 0.2) is 52.3 Å². The molecule has 2 aromatic rings. The highest BCUT2D eigenvalue weighted by molar-refractivity contribution is 7.99. The summed E-state index contributed by atoms with van der Waals surface area (Å²) in [7, 11) is 1.69. The van der Waals surface area contributed by atoms with Gasteiger partial charge < -0.3 is 10.1 Å². The second-order valence-corrected chi connectivity index (χ2v) is 5.79. The van der Waals surface area contributed by atoms with E-state index in [0.29, 0.717) is 0 Å². The summed E-state index contributed by atoms with van der Waals surface area (Å²) < 4.78 is 5.18. The molecule has 0 radical (unpaired) electrons. The Balaban J connectivity index is 2.07. The molecule has 0 aromatic heterocycles. The van der Waals surface area contributed by atoms with E-state index in [4.69, 9.17) is 4.74 Å². The van der Waals surface area contributed by atoms with Crippen LogP contribution in [0.4, 0.5) is 0 Å². The first-order valence-electron chi connectivity index (χ1n) is 6.85. The van der Waals surface area contributed by atoms with Gasteiger partial charge >= 0.3 is 0 Å². The topological polar surface area (TPSA) is 21.3 Å². The summed E-state index contributed by atoms with van der Waals surface area (Å²) in [5, 5.41) is 3.37. The summed E-state index contributed by atoms with van der Waals surface area (Å²) in [6.45, 7) is 6.24. The molecule has 1 N–H and O–H groups in total. The van der Waals surface area contributed by atoms with Crippen molar-refractivity contribution < 1.29 is 4.74 Å². The van der Waals surface area contributed by atoms with Crippen molar-refractivity contribution in [2.24, 2.45) is 0 Å². The molecule has 0 saturated heterocycles. The molecule has 20 heavy (non-hydrogen) atoms. The minimum Gasteiger partial charge on any atom is -0.497 e. The molecular formula is C17H21NOS. The van der Waals surface area contributed by atoms with E-state index in [2.05, 4.69) is 49.5 Å². The molecular weight excluding hydrogens is 266 g/mol. The normalized spacial score (nSPS) is 10.6. The number of nitrogens with one attached hydrogen (secondary N) is 1. The lowest BCUT2D eigenvalue weighted by Crippen LogP contribution is -2.12. The fourth-order valence-electron chi connectivity index (χ4n) is 1.97. The van der Waals surface area contributed by atoms with Crippen molar-refractivity contribution in [3.05, 3.63) is 53.6 Å². The van der Waals surface area contributed by atoms with Crippen molar-refractivity contribution in [1.82, 2.24) is 5.32 Å². The van der Waals surface area contributed by atoms with Crippen LogP contribution in [0.2, 0.25) is 0 Å². The van der Waals surface area contributed by atoms with E-state index >= 15 is 0 Å². The van der Waals surface area contributed by atoms with Crippen LogP contribution < -0.4 is 10.1 Å². The van der Waals surface area contributed by atoms with Crippen LogP contribution >= 0.6 is 11.8 Å². The van der Waals surface area contributed by atoms with Gasteiger partial charge in [-0.3, -0.25) is 0 Å². The number of rotatable bonds is 6. The summed E-state index contributed by atoms with van der Waals surface area (Å²) in [4.78, 5) is 2.50. The molecule has 0 spiro atoms. The van der Waals surface area contributed by atoms with Crippen molar-refractivity contribution in [3.8, 4) is 5.75 Å². The summed E-state index contributed by atoms with van der Waals surface area (Å²) >= 11 is 1.78. The van der Waals surface area contributed by atoms with Gasteiger partial charge in [0.05, 0.1) is 7.11 Å². The first-order valence-corrected chi connectivity index (χ1v) is 7.66. The molecule has 0 unspecified atom stereocenters. The lowest BCUT2D eigenvalue weighted by Gasteiger charge is -2.09. The molecule has 0 aliphatic carbocycles. The number of benzene rings is 2. The minimum atomic E-state index is 0.895. The predicted molar refractivity (Wildman–Crippen MR) is 85.7 cm³/mol. The van der Waals surface area contributed by atoms with Gasteiger partial charge in [0.2, 0.25) is 0 Å². The van der Waals surface area contributed by atoms with Gasteiger partial charge in [-0.15, -0.1) is 0 Å². The SMILES string of the molecule is CCNCc1ccc(Sc2ccc(OC)cc2)cc1C. The summed E-state index contributed by atoms with van der Waals surface area (Å²) in [6, 6.07) is 14.8. The number of ether oxygens (including phenoxy) is 1. The Morgan fingerprint density at radius 1 is 1.05 bits per heavy atom. The Morgan fingerprint density at radius 2 is 1.75 bits per heavy atom. The van der Waals surface area contributed by atoms with E-state index in [-0.39, 0.29) is 0 Å². The second kappa shape index (κ2) is 7.36. The number of aryl methyl sites for hydroxylation is 1. The molecule has 0 aliphatic rings. The molecule has 0 aliphatic heterocycles. The van der Waals surface area contributed by atoms with Gasteiger partial charge in [0, 0.05) is 16.3 Å². The van der Waals surface area contributed by atoms with Crippen LogP contribution in [0.25, 0.3) is 0 Å². The highest BCUT2D eigenvalue weighted by Gasteiger charge is 2.02. The average Bonchev–Trinajstić information content (AvgIpc) is 2.47. The zero-order valence-electron chi connectivity index (χ0n) is 12.3. The standard InChI is InChI=1S/C17H21NOS/c1-4-18-12-14-5-8-17(11-13(14)2)20-16-9-6-15(19-3)7-10-16/h5-11,18H,4,12H2,1-3H3. The van der Waals surface area contributed by atoms with Crippen molar-refractivity contribution in [1.29, 1.82) is 0 Å². The van der Waals surface area contributed by atoms with Crippen LogP contribution in [0, 0.1) is 6.92 Å². The van der Waals surface area contributed by atoms with Crippen molar-refractivity contribution in [3.63, 3.8) is 0 Å². The maximum atomic E-state index is 5.18. The fraction of sp³-hybridized carbons (Fsp3) is 0.294. The Kier molecular flexibility index (Phi) is 5.50. The monoisotopic (exact) mass is 287 g/mol. The van der Waals surface area contributed by atoms with E-state index < -0.39 is 0 Å². The minimum absolute atomic E-state index is 0.895. The van der Waals surface area contributed by atoms with Crippen LogP contribution in [-0.2, 0) is 6.54 Å². The smallest absolute Gasteiger partial charge is 0.118 e. The van der Waals surface area contributed by atoms with Gasteiger partial charge in [-0.2, -0.15) is 0 Å². The second-order valence-electron chi connectivity index (χ2n) is 4.65. The zero-order valence-corrected chi connectivity index (χ0v) is 13.1. The van der Waals surface area contributed by atoms with E-state index in [0.717, 1.165) is 18.8 Å². The molecule has 0 fully saturated rings. The summed E-state index contributed by atoms with van der Waals surface area (Å²) in [5.74, 6) is 0.895. The number of methoxy groups -OCH3 is 1. The first kappa shape index (κ1) is 14.9. The maximum Gasteiger partial charge on any atom is 0.118 e. The Morgan fingerprint density at radius 3 is 2.35 bits per heavy atom. The van der Waals surface area contributed by atoms with E-state index in [1.54, 1.807) is 18.9 Å². The molecule has 2 rings (SSSR count). The molecule has 0 bridgehead atoms. The highest BCUT2D eigenvalue weighted by atomic mass is 32.2. The van der Waals surface area contributed by atoms with Gasteiger partial charge in [-0.25, -0.2) is 0 Å². The Hall–Kier alpha value is -1.45. The average molecular weight is 287 g/mol. The quantitative estimate of drug-likeness (QED) is 0.857. The number of hydrogen-bond donors (Lipinski definition) is 1. The van der Waals surface area contributed by atoms with E-state index in [1.807, 2.05) is 12.1 Å². The zero-order chi connectivity index (χ0) is 14.4. The van der Waals surface area contributed by atoms with Gasteiger partial charge in [0.25, 0.3) is 0 Å². The van der Waals surface area contributed by atoms with Crippen molar-refractivity contribution >= 4 is 11.8 Å². The molecule has 2 nitrogen and oxygen atoms in total. The summed E-state index contributed by atoms with van der Waals surface area (Å²) in [6.07, 6.45) is 0. The van der Waals surface area contributed by atoms with Crippen LogP contribution in [0.1, 0.15) is 18.1 Å². The maximum absolute atomic E-state index is 5.18. The van der Waals surface area contributed by atoms with Crippen LogP contribution in [0.5, 0.6) is 5.75 Å². The van der Waals surface area contributed by atoms with Gasteiger partial charge in [0.1, 0.15) is 5.75 Å². The van der Waals surface area contributed by atoms with Gasteiger partial charge in [-0.05, 0) is 61.0 Å².